The molecule has 1 saturated carbocycles. The summed E-state index contributed by atoms with van der Waals surface area (Å²) >= 11 is 6.27. The van der Waals surface area contributed by atoms with Crippen molar-refractivity contribution in [3.8, 4) is 5.75 Å². The van der Waals surface area contributed by atoms with Crippen LogP contribution in [0.4, 0.5) is 0 Å². The van der Waals surface area contributed by atoms with Gasteiger partial charge in [-0.05, 0) is 42.5 Å². The van der Waals surface area contributed by atoms with Gasteiger partial charge in [-0.2, -0.15) is 0 Å². The zero-order valence-corrected chi connectivity index (χ0v) is 13.9. The summed E-state index contributed by atoms with van der Waals surface area (Å²) in [7, 11) is 0. The van der Waals surface area contributed by atoms with Crippen molar-refractivity contribution in [2.75, 3.05) is 6.61 Å². The van der Waals surface area contributed by atoms with E-state index in [4.69, 9.17) is 21.1 Å². The standard InChI is InChI=1S/C17H23ClO3/c1-5-6-20-17-14(19)9-16(17)21-15-8-12(10(2)3)13(18)7-11(15)4/h7-8,10,16-17H,5-6,9H2,1-4H3. The molecule has 21 heavy (non-hydrogen) atoms. The molecule has 0 amide bonds. The summed E-state index contributed by atoms with van der Waals surface area (Å²) in [6.45, 7) is 8.78. The number of hydrogen-bond acceptors (Lipinski definition) is 3. The van der Waals surface area contributed by atoms with Crippen LogP contribution in [-0.4, -0.2) is 24.6 Å². The first-order valence-electron chi connectivity index (χ1n) is 7.55. The van der Waals surface area contributed by atoms with Crippen molar-refractivity contribution in [1.82, 2.24) is 0 Å². The van der Waals surface area contributed by atoms with Crippen LogP contribution >= 0.6 is 11.6 Å². The van der Waals surface area contributed by atoms with Crippen LogP contribution in [0.3, 0.4) is 0 Å². The fraction of sp³-hybridized carbons (Fsp3) is 0.588. The fourth-order valence-corrected chi connectivity index (χ4v) is 2.85. The van der Waals surface area contributed by atoms with E-state index in [0.29, 0.717) is 18.9 Å². The van der Waals surface area contributed by atoms with E-state index >= 15 is 0 Å². The fourth-order valence-electron chi connectivity index (χ4n) is 2.42. The molecule has 0 bridgehead atoms. The zero-order valence-electron chi connectivity index (χ0n) is 13.1. The Bertz CT molecular complexity index is 525. The van der Waals surface area contributed by atoms with Gasteiger partial charge < -0.3 is 9.47 Å². The van der Waals surface area contributed by atoms with Gasteiger partial charge in [0.15, 0.2) is 11.9 Å². The summed E-state index contributed by atoms with van der Waals surface area (Å²) in [4.78, 5) is 11.6. The molecule has 2 rings (SSSR count). The number of carbonyl (C=O) groups is 1. The molecule has 116 valence electrons. The molecule has 0 spiro atoms. The van der Waals surface area contributed by atoms with Gasteiger partial charge in [-0.15, -0.1) is 0 Å². The predicted molar refractivity (Wildman–Crippen MR) is 84.3 cm³/mol. The summed E-state index contributed by atoms with van der Waals surface area (Å²) in [6.07, 6.45) is 0.730. The highest BCUT2D eigenvalue weighted by atomic mass is 35.5. The first-order valence-corrected chi connectivity index (χ1v) is 7.92. The zero-order chi connectivity index (χ0) is 15.6. The number of rotatable bonds is 6. The van der Waals surface area contributed by atoms with Gasteiger partial charge in [0.1, 0.15) is 11.9 Å². The maximum Gasteiger partial charge on any atom is 0.169 e. The van der Waals surface area contributed by atoms with E-state index in [0.717, 1.165) is 28.3 Å². The molecule has 0 aliphatic heterocycles. The van der Waals surface area contributed by atoms with E-state index < -0.39 is 6.10 Å². The Hall–Kier alpha value is -1.06. The second-order valence-electron chi connectivity index (χ2n) is 5.91. The molecule has 3 nitrogen and oxygen atoms in total. The largest absolute Gasteiger partial charge is 0.486 e. The van der Waals surface area contributed by atoms with Crippen LogP contribution < -0.4 is 4.74 Å². The van der Waals surface area contributed by atoms with E-state index in [1.54, 1.807) is 0 Å². The number of ether oxygens (including phenoxy) is 2. The van der Waals surface area contributed by atoms with E-state index in [9.17, 15) is 4.79 Å². The second kappa shape index (κ2) is 6.80. The van der Waals surface area contributed by atoms with Crippen molar-refractivity contribution < 1.29 is 14.3 Å². The van der Waals surface area contributed by atoms with Crippen LogP contribution in [0.2, 0.25) is 5.02 Å². The monoisotopic (exact) mass is 310 g/mol. The summed E-state index contributed by atoms with van der Waals surface area (Å²) in [5.74, 6) is 1.26. The van der Waals surface area contributed by atoms with Gasteiger partial charge >= 0.3 is 0 Å². The summed E-state index contributed by atoms with van der Waals surface area (Å²) in [5.41, 5.74) is 2.05. The predicted octanol–water partition coefficient (Wildman–Crippen LogP) is 4.29. The number of halogens is 1. The Kier molecular flexibility index (Phi) is 5.28. The molecule has 0 aromatic heterocycles. The molecule has 0 radical (unpaired) electrons. The lowest BCUT2D eigenvalue weighted by molar-refractivity contribution is -0.154. The molecular weight excluding hydrogens is 288 g/mol. The number of aryl methyl sites for hydroxylation is 1. The lowest BCUT2D eigenvalue weighted by atomic mass is 9.89. The number of hydrogen-bond donors (Lipinski definition) is 0. The molecule has 1 aromatic rings. The van der Waals surface area contributed by atoms with Gasteiger partial charge in [-0.25, -0.2) is 0 Å². The van der Waals surface area contributed by atoms with Crippen molar-refractivity contribution in [3.63, 3.8) is 0 Å². The molecule has 0 N–H and O–H groups in total. The first kappa shape index (κ1) is 16.3. The van der Waals surface area contributed by atoms with Gasteiger partial charge in [0.05, 0.1) is 0 Å². The first-order chi connectivity index (χ1) is 9.93. The molecule has 0 heterocycles. The van der Waals surface area contributed by atoms with Crippen molar-refractivity contribution in [3.05, 3.63) is 28.3 Å². The Balaban J connectivity index is 2.12. The Morgan fingerprint density at radius 3 is 2.67 bits per heavy atom. The van der Waals surface area contributed by atoms with Crippen molar-refractivity contribution in [2.45, 2.75) is 58.7 Å². The minimum atomic E-state index is -0.414. The van der Waals surface area contributed by atoms with Gasteiger partial charge in [-0.1, -0.05) is 32.4 Å². The van der Waals surface area contributed by atoms with Gasteiger partial charge in [0, 0.05) is 18.1 Å². The summed E-state index contributed by atoms with van der Waals surface area (Å²) < 4.78 is 11.6. The lowest BCUT2D eigenvalue weighted by Crippen LogP contribution is -2.52. The molecular formula is C17H23ClO3. The minimum absolute atomic E-state index is 0.129. The molecule has 2 atom stereocenters. The van der Waals surface area contributed by atoms with Crippen LogP contribution in [0.1, 0.15) is 50.7 Å². The topological polar surface area (TPSA) is 35.5 Å². The molecule has 1 aliphatic carbocycles. The number of ketones is 1. The minimum Gasteiger partial charge on any atom is -0.486 e. The highest BCUT2D eigenvalue weighted by Gasteiger charge is 2.42. The van der Waals surface area contributed by atoms with Gasteiger partial charge in [0.25, 0.3) is 0 Å². The Morgan fingerprint density at radius 2 is 2.10 bits per heavy atom. The smallest absolute Gasteiger partial charge is 0.169 e. The third kappa shape index (κ3) is 3.58. The average Bonchev–Trinajstić information content (AvgIpc) is 2.40. The maximum absolute atomic E-state index is 11.6. The number of Topliss-reactive ketones (excluding diaryl/α,β-unsaturated/α-hetero) is 1. The van der Waals surface area contributed by atoms with Crippen LogP contribution in [-0.2, 0) is 9.53 Å². The van der Waals surface area contributed by atoms with E-state index in [-0.39, 0.29) is 11.9 Å². The Labute approximate surface area is 131 Å². The third-order valence-corrected chi connectivity index (χ3v) is 4.08. The van der Waals surface area contributed by atoms with Crippen LogP contribution in [0, 0.1) is 6.92 Å². The van der Waals surface area contributed by atoms with Gasteiger partial charge in [0.2, 0.25) is 0 Å². The van der Waals surface area contributed by atoms with Gasteiger partial charge in [-0.3, -0.25) is 4.79 Å². The van der Waals surface area contributed by atoms with Crippen LogP contribution in [0.5, 0.6) is 5.75 Å². The van der Waals surface area contributed by atoms with E-state index in [1.807, 2.05) is 26.0 Å². The van der Waals surface area contributed by atoms with E-state index in [1.165, 1.54) is 0 Å². The highest BCUT2D eigenvalue weighted by Crippen LogP contribution is 2.34. The molecule has 1 aliphatic rings. The second-order valence-corrected chi connectivity index (χ2v) is 6.32. The maximum atomic E-state index is 11.6. The third-order valence-electron chi connectivity index (χ3n) is 3.75. The number of carbonyl (C=O) groups excluding carboxylic acids is 1. The van der Waals surface area contributed by atoms with Crippen molar-refractivity contribution in [1.29, 1.82) is 0 Å². The molecule has 1 fully saturated rings. The normalized spacial score (nSPS) is 21.5. The lowest BCUT2D eigenvalue weighted by Gasteiger charge is -2.35. The molecule has 4 heteroatoms. The van der Waals surface area contributed by atoms with Crippen LogP contribution in [0.15, 0.2) is 12.1 Å². The van der Waals surface area contributed by atoms with E-state index in [2.05, 4.69) is 13.8 Å². The Morgan fingerprint density at radius 1 is 1.38 bits per heavy atom. The molecule has 1 aromatic carbocycles. The quantitative estimate of drug-likeness (QED) is 0.786. The van der Waals surface area contributed by atoms with Crippen LogP contribution in [0.25, 0.3) is 0 Å². The molecule has 2 unspecified atom stereocenters. The average molecular weight is 311 g/mol. The summed E-state index contributed by atoms with van der Waals surface area (Å²) in [5, 5.41) is 0.762. The highest BCUT2D eigenvalue weighted by molar-refractivity contribution is 6.31. The molecule has 0 saturated heterocycles. The summed E-state index contributed by atoms with van der Waals surface area (Å²) in [6, 6.07) is 3.91. The van der Waals surface area contributed by atoms with Crippen molar-refractivity contribution in [2.24, 2.45) is 0 Å². The number of benzene rings is 1. The van der Waals surface area contributed by atoms with Crippen molar-refractivity contribution >= 4 is 17.4 Å². The SMILES string of the molecule is CCCOC1C(=O)CC1Oc1cc(C(C)C)c(Cl)cc1C.